The summed E-state index contributed by atoms with van der Waals surface area (Å²) in [6, 6.07) is 82.4. The molecule has 12 aromatic carbocycles. The zero-order chi connectivity index (χ0) is 43.7. The summed E-state index contributed by atoms with van der Waals surface area (Å²) < 4.78 is 8.26. The van der Waals surface area contributed by atoms with Gasteiger partial charge in [0.2, 0.25) is 0 Å². The molecule has 67 heavy (non-hydrogen) atoms. The summed E-state index contributed by atoms with van der Waals surface area (Å²) in [7, 11) is 0. The van der Waals surface area contributed by atoms with Crippen molar-refractivity contribution < 1.29 is 0 Å². The molecule has 0 spiro atoms. The normalized spacial score (nSPS) is 12.2. The van der Waals surface area contributed by atoms with Crippen molar-refractivity contribution in [3.05, 3.63) is 218 Å². The first-order chi connectivity index (χ1) is 33.3. The van der Waals surface area contributed by atoms with E-state index >= 15 is 0 Å². The van der Waals surface area contributed by atoms with E-state index in [-0.39, 0.29) is 14.5 Å². The number of hydrogen-bond donors (Lipinski definition) is 0. The first-order valence-corrected chi connectivity index (χ1v) is 26.3. The topological polar surface area (TPSA) is 0 Å². The molecule has 0 radical (unpaired) electrons. The van der Waals surface area contributed by atoms with Crippen molar-refractivity contribution in [3.63, 3.8) is 0 Å². The molecule has 15 aromatic rings. The number of hydrogen-bond acceptors (Lipinski definition) is 2. The molecule has 15 rings (SSSR count). The summed E-state index contributed by atoms with van der Waals surface area (Å²) in [5.41, 5.74) is 10.5. The van der Waals surface area contributed by atoms with Crippen LogP contribution < -0.4 is 0 Å². The molecule has 0 aliphatic carbocycles. The molecule has 0 nitrogen and oxygen atoms in total. The minimum atomic E-state index is 0.140. The quantitative estimate of drug-likeness (QED) is 0.122. The summed E-state index contributed by atoms with van der Waals surface area (Å²) in [6.45, 7) is 0. The van der Waals surface area contributed by atoms with Crippen LogP contribution in [0.4, 0.5) is 0 Å². The molecule has 0 aliphatic rings. The molecule has 0 saturated heterocycles. The van der Waals surface area contributed by atoms with Crippen molar-refractivity contribution >= 4 is 140 Å². The zero-order valence-electron chi connectivity index (χ0n) is 36.0. The molecule has 0 amide bonds. The molecule has 0 aliphatic heterocycles. The van der Waals surface area contributed by atoms with Gasteiger partial charge in [-0.15, -0.1) is 0 Å². The fourth-order valence-electron chi connectivity index (χ4n) is 11.5. The van der Waals surface area contributed by atoms with Gasteiger partial charge < -0.3 is 0 Å². The summed E-state index contributed by atoms with van der Waals surface area (Å²) >= 11 is 3.96. The molecule has 0 unspecified atom stereocenters. The van der Waals surface area contributed by atoms with Gasteiger partial charge in [0.05, 0.1) is 0 Å². The van der Waals surface area contributed by atoms with Gasteiger partial charge >= 0.3 is 379 Å². The first kappa shape index (κ1) is 37.8. The van der Waals surface area contributed by atoms with E-state index in [1.54, 1.807) is 0 Å². The molecule has 0 N–H and O–H groups in total. The molecule has 3 heteroatoms. The van der Waals surface area contributed by atoms with Gasteiger partial charge in [-0.25, -0.2) is 0 Å². The fraction of sp³-hybridized carbons (Fsp3) is 0. The standard InChI is InChI=1S/C64H36S2Se/c1-3-20-42-40(18-1)58(41-19-2-4-21-43(41)60(42)52-29-13-26-48-38-16-9-11-31-54(38)65-63(48)52)37-34-35-50-57(36-37)67-56-33-15-28-51(62(50)56)59-44-22-5-7-24-46(44)61(47-25-8-6-23-45(47)59)53-30-14-27-49-39-17-10-12-32-55(39)66-64(49)53/h1-36H. The summed E-state index contributed by atoms with van der Waals surface area (Å²) in [5, 5.41) is 18.4. The van der Waals surface area contributed by atoms with Gasteiger partial charge in [-0.3, -0.25) is 0 Å². The van der Waals surface area contributed by atoms with E-state index in [9.17, 15) is 0 Å². The molecular formula is C64H36S2Se. The van der Waals surface area contributed by atoms with E-state index in [0.29, 0.717) is 0 Å². The van der Waals surface area contributed by atoms with Crippen molar-refractivity contribution in [2.75, 3.05) is 0 Å². The van der Waals surface area contributed by atoms with Crippen molar-refractivity contribution in [2.24, 2.45) is 0 Å². The van der Waals surface area contributed by atoms with Gasteiger partial charge in [0.1, 0.15) is 0 Å². The Morgan fingerprint density at radius 1 is 0.254 bits per heavy atom. The van der Waals surface area contributed by atoms with Crippen molar-refractivity contribution in [3.8, 4) is 44.5 Å². The van der Waals surface area contributed by atoms with E-state index in [1.807, 2.05) is 22.7 Å². The van der Waals surface area contributed by atoms with Gasteiger partial charge in [-0.05, 0) is 0 Å². The Kier molecular flexibility index (Phi) is 8.22. The maximum atomic E-state index is 2.53. The second-order valence-corrected chi connectivity index (χ2v) is 22.1. The predicted octanol–water partition coefficient (Wildman–Crippen LogP) is 19.1. The predicted molar refractivity (Wildman–Crippen MR) is 296 cm³/mol. The molecule has 310 valence electrons. The van der Waals surface area contributed by atoms with Crippen molar-refractivity contribution in [1.82, 2.24) is 0 Å². The fourth-order valence-corrected chi connectivity index (χ4v) is 16.4. The number of benzene rings is 12. The molecular weight excluding hydrogens is 912 g/mol. The van der Waals surface area contributed by atoms with Crippen molar-refractivity contribution in [2.45, 2.75) is 0 Å². The average molecular weight is 948 g/mol. The van der Waals surface area contributed by atoms with Gasteiger partial charge in [-0.2, -0.15) is 0 Å². The number of fused-ring (bicyclic) bond motifs is 13. The van der Waals surface area contributed by atoms with Crippen LogP contribution in [-0.4, -0.2) is 14.5 Å². The Labute approximate surface area is 400 Å². The zero-order valence-corrected chi connectivity index (χ0v) is 39.4. The van der Waals surface area contributed by atoms with E-state index < -0.39 is 0 Å². The van der Waals surface area contributed by atoms with Crippen LogP contribution in [-0.2, 0) is 0 Å². The molecule has 3 aromatic heterocycles. The van der Waals surface area contributed by atoms with Gasteiger partial charge in [-0.1, -0.05) is 24.3 Å². The second kappa shape index (κ2) is 14.6. The Hall–Kier alpha value is -7.36. The Bertz CT molecular complexity index is 4470. The SMILES string of the molecule is c1ccc2c(c1)sc1c(-c3c4ccccc4c(-c4ccc5c(c4)[se]c4cccc(-c6c7ccccc7c(-c7cccc8c7sc7ccccc78)c7ccccc67)c45)c4ccccc34)cccc12. The third-order valence-corrected chi connectivity index (χ3v) is 19.1. The van der Waals surface area contributed by atoms with Crippen LogP contribution in [0.25, 0.3) is 147 Å². The first-order valence-electron chi connectivity index (χ1n) is 22.9. The Balaban J connectivity index is 0.957. The van der Waals surface area contributed by atoms with Crippen LogP contribution in [0.2, 0.25) is 0 Å². The summed E-state index contributed by atoms with van der Waals surface area (Å²) in [4.78, 5) is 0. The molecule has 0 fully saturated rings. The number of thiophene rings is 2. The molecule has 3 heterocycles. The van der Waals surface area contributed by atoms with Crippen LogP contribution in [0.5, 0.6) is 0 Å². The molecule has 0 atom stereocenters. The Morgan fingerprint density at radius 2 is 0.627 bits per heavy atom. The van der Waals surface area contributed by atoms with Crippen LogP contribution in [0.1, 0.15) is 0 Å². The molecule has 0 bridgehead atoms. The monoisotopic (exact) mass is 948 g/mol. The summed E-state index contributed by atoms with van der Waals surface area (Å²) in [5.74, 6) is 0. The second-order valence-electron chi connectivity index (χ2n) is 17.7. The van der Waals surface area contributed by atoms with Gasteiger partial charge in [0.25, 0.3) is 0 Å². The van der Waals surface area contributed by atoms with E-state index in [4.69, 9.17) is 0 Å². The van der Waals surface area contributed by atoms with E-state index in [2.05, 4.69) is 218 Å². The Morgan fingerprint density at radius 3 is 1.10 bits per heavy atom. The summed E-state index contributed by atoms with van der Waals surface area (Å²) in [6.07, 6.45) is 0. The van der Waals surface area contributed by atoms with Gasteiger partial charge in [0.15, 0.2) is 0 Å². The number of rotatable bonds is 4. The van der Waals surface area contributed by atoms with E-state index in [1.165, 1.54) is 147 Å². The van der Waals surface area contributed by atoms with Crippen LogP contribution in [0.3, 0.4) is 0 Å². The average Bonchev–Trinajstić information content (AvgIpc) is 4.09. The van der Waals surface area contributed by atoms with Crippen LogP contribution in [0, 0.1) is 0 Å². The van der Waals surface area contributed by atoms with Gasteiger partial charge in [0, 0.05) is 0 Å². The third-order valence-electron chi connectivity index (χ3n) is 14.3. The minimum absolute atomic E-state index is 0.140. The van der Waals surface area contributed by atoms with Crippen molar-refractivity contribution in [1.29, 1.82) is 0 Å². The van der Waals surface area contributed by atoms with Crippen LogP contribution >= 0.6 is 22.7 Å². The maximum absolute atomic E-state index is 2.53. The van der Waals surface area contributed by atoms with Crippen LogP contribution in [0.15, 0.2) is 218 Å². The van der Waals surface area contributed by atoms with E-state index in [0.717, 1.165) is 0 Å². The molecule has 0 saturated carbocycles. The third kappa shape index (κ3) is 5.46.